The Hall–Kier alpha value is -4.40. The summed E-state index contributed by atoms with van der Waals surface area (Å²) >= 11 is 0. The van der Waals surface area contributed by atoms with E-state index in [1.807, 2.05) is 46.8 Å². The molecule has 5 rings (SSSR count). The van der Waals surface area contributed by atoms with Gasteiger partial charge in [-0.3, -0.25) is 14.7 Å². The number of hydrogen-bond donors (Lipinski definition) is 2. The molecule has 0 spiro atoms. The number of aryl methyl sites for hydroxylation is 1. The van der Waals surface area contributed by atoms with Crippen LogP contribution in [0.3, 0.4) is 0 Å². The largest absolute Gasteiger partial charge is 0.435 e. The molecule has 0 bridgehead atoms. The Morgan fingerprint density at radius 1 is 1.10 bits per heavy atom. The number of nitrogens with zero attached hydrogens (tertiary/aromatic N) is 6. The molecule has 11 heteroatoms. The summed E-state index contributed by atoms with van der Waals surface area (Å²) in [6.45, 7) is 14.6. The highest BCUT2D eigenvalue weighted by atomic mass is 19.1. The van der Waals surface area contributed by atoms with Gasteiger partial charge in [-0.25, -0.2) is 14.4 Å². The van der Waals surface area contributed by atoms with Crippen LogP contribution in [0.5, 0.6) is 11.6 Å². The van der Waals surface area contributed by atoms with Crippen molar-refractivity contribution in [2.45, 2.75) is 41.2 Å². The molecular weight excluding hydrogens is 523 g/mol. The summed E-state index contributed by atoms with van der Waals surface area (Å²) in [4.78, 5) is 32.9. The molecule has 41 heavy (non-hydrogen) atoms. The monoisotopic (exact) mass is 560 g/mol. The predicted octanol–water partition coefficient (Wildman–Crippen LogP) is 5.84. The molecule has 1 fully saturated rings. The van der Waals surface area contributed by atoms with Crippen LogP contribution in [0.4, 0.5) is 15.9 Å². The second-order valence-corrected chi connectivity index (χ2v) is 8.98. The number of benzene rings is 1. The van der Waals surface area contributed by atoms with Crippen LogP contribution in [0.1, 0.15) is 49.4 Å². The van der Waals surface area contributed by atoms with E-state index < -0.39 is 11.6 Å². The minimum atomic E-state index is -0.920. The molecule has 0 amide bonds. The molecule has 1 aliphatic heterocycles. The molecule has 0 aliphatic carbocycles. The summed E-state index contributed by atoms with van der Waals surface area (Å²) in [5, 5.41) is 12.7. The van der Waals surface area contributed by atoms with Crippen LogP contribution in [0.2, 0.25) is 0 Å². The number of carbonyl (C=O) groups is 1. The number of fused-ring (bicyclic) bond motifs is 1. The Morgan fingerprint density at radius 2 is 1.83 bits per heavy atom. The number of aromatic amines is 1. The number of nitriles is 1. The average Bonchev–Trinajstić information content (AvgIpc) is 3.40. The Kier molecular flexibility index (Phi) is 11.3. The predicted molar refractivity (Wildman–Crippen MR) is 158 cm³/mol. The number of pyridine rings is 1. The number of halogens is 1. The topological polar surface area (TPSA) is 123 Å². The third-order valence-electron chi connectivity index (χ3n) is 6.25. The number of nitrogens with one attached hydrogen (secondary N) is 2. The van der Waals surface area contributed by atoms with Gasteiger partial charge in [-0.15, -0.1) is 0 Å². The standard InChI is InChI=1S/C26H25FN8O2.2C2H6/c1-16-11-19-20(32-16)5-6-22(24(19)27)37-26-23(21(36)12-28)25(30-15-31-26)33-17-3-4-18(29-13-17)14-35-9-7-34(2)8-10-35;2*1-2/h3-6,11,13,15,32H,7-10,14H2,1-2H3,(H,30,31,33);2*1-2H3. The summed E-state index contributed by atoms with van der Waals surface area (Å²) < 4.78 is 20.8. The number of ketones is 1. The molecule has 4 aromatic rings. The van der Waals surface area contributed by atoms with Crippen molar-refractivity contribution in [1.29, 1.82) is 5.26 Å². The number of H-pyrrole nitrogens is 1. The molecule has 0 unspecified atom stereocenters. The summed E-state index contributed by atoms with van der Waals surface area (Å²) in [5.74, 6) is -1.82. The van der Waals surface area contributed by atoms with Gasteiger partial charge in [0.1, 0.15) is 23.8 Å². The molecule has 0 atom stereocenters. The first-order valence-electron chi connectivity index (χ1n) is 13.8. The number of Topliss-reactive ketones (excluding diaryl/α,β-unsaturated/α-hetero) is 1. The Labute approximate surface area is 240 Å². The van der Waals surface area contributed by atoms with E-state index in [1.54, 1.807) is 24.4 Å². The smallest absolute Gasteiger partial charge is 0.271 e. The Balaban J connectivity index is 0.00000111. The van der Waals surface area contributed by atoms with Crippen molar-refractivity contribution in [3.05, 3.63) is 65.6 Å². The minimum Gasteiger partial charge on any atom is -0.435 e. The number of anilines is 2. The SMILES string of the molecule is CC.CC.Cc1cc2c(F)c(Oc3ncnc(Nc4ccc(CN5CCN(C)CC5)nc4)c3C(=O)C#N)ccc2[nH]1. The number of likely N-dealkylation sites (N-methyl/N-ethyl adjacent to an activating group) is 1. The lowest BCUT2D eigenvalue weighted by Gasteiger charge is -2.32. The Bertz CT molecular complexity index is 1490. The first kappa shape index (κ1) is 31.1. The summed E-state index contributed by atoms with van der Waals surface area (Å²) in [5.41, 5.74) is 2.69. The van der Waals surface area contributed by atoms with Crippen molar-refractivity contribution < 1.29 is 13.9 Å². The van der Waals surface area contributed by atoms with Gasteiger partial charge in [-0.05, 0) is 44.3 Å². The lowest BCUT2D eigenvalue weighted by atomic mass is 10.2. The number of ether oxygens (including phenoxy) is 1. The summed E-state index contributed by atoms with van der Waals surface area (Å²) in [7, 11) is 2.11. The van der Waals surface area contributed by atoms with Gasteiger partial charge < -0.3 is 19.9 Å². The minimum absolute atomic E-state index is 0.0594. The zero-order valence-corrected chi connectivity index (χ0v) is 24.5. The van der Waals surface area contributed by atoms with Gasteiger partial charge in [0, 0.05) is 49.3 Å². The van der Waals surface area contributed by atoms with Crippen LogP contribution in [-0.2, 0) is 6.54 Å². The zero-order valence-electron chi connectivity index (χ0n) is 24.5. The first-order valence-corrected chi connectivity index (χ1v) is 13.8. The molecule has 4 heterocycles. The number of piperazine rings is 1. The second-order valence-electron chi connectivity index (χ2n) is 8.98. The molecule has 216 valence electrons. The van der Waals surface area contributed by atoms with E-state index in [0.717, 1.165) is 44.1 Å². The lowest BCUT2D eigenvalue weighted by molar-refractivity contribution is 0.105. The van der Waals surface area contributed by atoms with Crippen molar-refractivity contribution in [2.75, 3.05) is 38.5 Å². The van der Waals surface area contributed by atoms with Crippen molar-refractivity contribution in [3.8, 4) is 17.7 Å². The summed E-state index contributed by atoms with van der Waals surface area (Å²) in [6.07, 6.45) is 2.81. The average molecular weight is 561 g/mol. The number of hydrogen-bond acceptors (Lipinski definition) is 9. The van der Waals surface area contributed by atoms with Crippen LogP contribution in [0.15, 0.2) is 42.9 Å². The van der Waals surface area contributed by atoms with Gasteiger partial charge in [0.25, 0.3) is 5.78 Å². The molecule has 1 saturated heterocycles. The normalized spacial score (nSPS) is 13.3. The highest BCUT2D eigenvalue weighted by Crippen LogP contribution is 2.33. The maximum atomic E-state index is 15.1. The van der Waals surface area contributed by atoms with Crippen molar-refractivity contribution in [3.63, 3.8) is 0 Å². The Morgan fingerprint density at radius 3 is 2.49 bits per heavy atom. The fourth-order valence-corrected chi connectivity index (χ4v) is 4.24. The van der Waals surface area contributed by atoms with Crippen LogP contribution in [0.25, 0.3) is 10.9 Å². The lowest BCUT2D eigenvalue weighted by Crippen LogP contribution is -2.43. The number of carbonyl (C=O) groups excluding carboxylic acids is 1. The highest BCUT2D eigenvalue weighted by Gasteiger charge is 2.23. The number of rotatable bonds is 7. The van der Waals surface area contributed by atoms with E-state index in [9.17, 15) is 10.1 Å². The fourth-order valence-electron chi connectivity index (χ4n) is 4.24. The maximum Gasteiger partial charge on any atom is 0.271 e. The maximum absolute atomic E-state index is 15.1. The van der Waals surface area contributed by atoms with Gasteiger partial charge in [-0.2, -0.15) is 5.26 Å². The van der Waals surface area contributed by atoms with Crippen molar-refractivity contribution in [2.24, 2.45) is 0 Å². The zero-order chi connectivity index (χ0) is 29.9. The summed E-state index contributed by atoms with van der Waals surface area (Å²) in [6, 6.07) is 10.1. The van der Waals surface area contributed by atoms with E-state index in [1.165, 1.54) is 12.4 Å². The highest BCUT2D eigenvalue weighted by molar-refractivity contribution is 6.12. The molecule has 0 radical (unpaired) electrons. The van der Waals surface area contributed by atoms with E-state index in [0.29, 0.717) is 16.6 Å². The number of aromatic nitrogens is 4. The van der Waals surface area contributed by atoms with Crippen LogP contribution < -0.4 is 10.1 Å². The van der Waals surface area contributed by atoms with Gasteiger partial charge in [0.05, 0.1) is 17.6 Å². The van der Waals surface area contributed by atoms with Crippen LogP contribution >= 0.6 is 0 Å². The molecular formula is C30H37FN8O2. The van der Waals surface area contributed by atoms with Gasteiger partial charge in [0.2, 0.25) is 5.88 Å². The molecule has 10 nitrogen and oxygen atoms in total. The molecule has 0 saturated carbocycles. The third kappa shape index (κ3) is 7.63. The van der Waals surface area contributed by atoms with E-state index in [-0.39, 0.29) is 23.0 Å². The molecule has 1 aliphatic rings. The second kappa shape index (κ2) is 14.8. The van der Waals surface area contributed by atoms with Crippen molar-refractivity contribution in [1.82, 2.24) is 29.7 Å². The molecule has 3 aromatic heterocycles. The first-order chi connectivity index (χ1) is 19.9. The molecule has 1 aromatic carbocycles. The van der Waals surface area contributed by atoms with Crippen LogP contribution in [-0.4, -0.2) is 68.7 Å². The van der Waals surface area contributed by atoms with Crippen LogP contribution in [0, 0.1) is 24.1 Å². The van der Waals surface area contributed by atoms with E-state index >= 15 is 4.39 Å². The van der Waals surface area contributed by atoms with Gasteiger partial charge in [-0.1, -0.05) is 27.7 Å². The van der Waals surface area contributed by atoms with Gasteiger partial charge >= 0.3 is 0 Å². The van der Waals surface area contributed by atoms with E-state index in [4.69, 9.17) is 4.74 Å². The third-order valence-corrected chi connectivity index (χ3v) is 6.25. The van der Waals surface area contributed by atoms with Gasteiger partial charge in [0.15, 0.2) is 11.6 Å². The molecule has 2 N–H and O–H groups in total. The van der Waals surface area contributed by atoms with Crippen molar-refractivity contribution >= 4 is 28.2 Å². The quantitative estimate of drug-likeness (QED) is 0.212. The van der Waals surface area contributed by atoms with E-state index in [2.05, 4.69) is 42.1 Å². The fraction of sp³-hybridized carbons (Fsp3) is 0.367.